The molecule has 1 aliphatic rings. The Bertz CT molecular complexity index is 651. The molecule has 0 aliphatic carbocycles. The number of carbonyl (C=O) groups excluding carboxylic acids is 1. The lowest BCUT2D eigenvalue weighted by molar-refractivity contribution is -0.384. The Morgan fingerprint density at radius 2 is 2.16 bits per heavy atom. The van der Waals surface area contributed by atoms with Crippen LogP contribution in [0.25, 0.3) is 0 Å². The van der Waals surface area contributed by atoms with Gasteiger partial charge in [-0.3, -0.25) is 14.9 Å². The van der Waals surface area contributed by atoms with Crippen LogP contribution in [0.3, 0.4) is 0 Å². The fourth-order valence-corrected chi connectivity index (χ4v) is 2.87. The highest BCUT2D eigenvalue weighted by Gasteiger charge is 2.33. The summed E-state index contributed by atoms with van der Waals surface area (Å²) in [5.41, 5.74) is 3.78. The summed E-state index contributed by atoms with van der Waals surface area (Å²) in [6.07, 6.45) is -2.85. The van der Waals surface area contributed by atoms with Gasteiger partial charge in [-0.2, -0.15) is 13.2 Å². The van der Waals surface area contributed by atoms with E-state index < -0.39 is 22.4 Å². The molecule has 1 fully saturated rings. The van der Waals surface area contributed by atoms with Gasteiger partial charge in [-0.1, -0.05) is 0 Å². The first kappa shape index (κ1) is 19.0. The van der Waals surface area contributed by atoms with Crippen LogP contribution in [0.1, 0.15) is 24.8 Å². The number of nitrogens with two attached hydrogens (primary N) is 1. The van der Waals surface area contributed by atoms with Gasteiger partial charge in [0.2, 0.25) is 5.91 Å². The van der Waals surface area contributed by atoms with Crippen LogP contribution in [0.15, 0.2) is 18.2 Å². The maximum atomic E-state index is 12.7. The number of likely N-dealkylation sites (tertiary alicyclic amines) is 1. The Kier molecular flexibility index (Phi) is 5.83. The van der Waals surface area contributed by atoms with Crippen LogP contribution in [0, 0.1) is 10.1 Å². The van der Waals surface area contributed by atoms with E-state index in [0.717, 1.165) is 25.0 Å². The molecule has 25 heavy (non-hydrogen) atoms. The van der Waals surface area contributed by atoms with E-state index in [1.54, 1.807) is 4.90 Å². The highest BCUT2D eigenvalue weighted by atomic mass is 19.4. The standard InChI is InChI=1S/C15H19F3N4O3/c16-15(17,18)10-3-4-12(13(8-10)22(24)25)20-6-5-14(23)21-7-1-2-11(21)9-19/h3-4,8,11,20H,1-2,5-7,9,19H2. The second-order valence-corrected chi connectivity index (χ2v) is 5.78. The minimum atomic E-state index is -4.66. The van der Waals surface area contributed by atoms with E-state index >= 15 is 0 Å². The number of nitrogens with zero attached hydrogens (tertiary/aromatic N) is 2. The predicted molar refractivity (Wildman–Crippen MR) is 85.0 cm³/mol. The van der Waals surface area contributed by atoms with Crippen LogP contribution in [0.4, 0.5) is 24.5 Å². The van der Waals surface area contributed by atoms with E-state index in [1.807, 2.05) is 0 Å². The molecule has 10 heteroatoms. The number of hydrogen-bond acceptors (Lipinski definition) is 5. The molecule has 0 saturated carbocycles. The lowest BCUT2D eigenvalue weighted by atomic mass is 10.1. The molecule has 0 spiro atoms. The zero-order chi connectivity index (χ0) is 18.6. The van der Waals surface area contributed by atoms with Gasteiger partial charge in [0.15, 0.2) is 0 Å². The number of nitro groups is 1. The topological polar surface area (TPSA) is 102 Å². The molecule has 1 aliphatic heterocycles. The van der Waals surface area contributed by atoms with Crippen molar-refractivity contribution in [3.05, 3.63) is 33.9 Å². The van der Waals surface area contributed by atoms with Gasteiger partial charge in [0.05, 0.1) is 10.5 Å². The van der Waals surface area contributed by atoms with E-state index in [1.165, 1.54) is 0 Å². The molecule has 0 radical (unpaired) electrons. The normalized spacial score (nSPS) is 17.6. The van der Waals surface area contributed by atoms with Crippen LogP contribution in [0.5, 0.6) is 0 Å². The molecule has 1 unspecified atom stereocenters. The van der Waals surface area contributed by atoms with Gasteiger partial charge >= 0.3 is 6.18 Å². The zero-order valence-corrected chi connectivity index (χ0v) is 13.4. The fourth-order valence-electron chi connectivity index (χ4n) is 2.87. The number of halogens is 3. The second-order valence-electron chi connectivity index (χ2n) is 5.78. The minimum Gasteiger partial charge on any atom is -0.379 e. The van der Waals surface area contributed by atoms with Crippen molar-refractivity contribution in [3.63, 3.8) is 0 Å². The fraction of sp³-hybridized carbons (Fsp3) is 0.533. The van der Waals surface area contributed by atoms with E-state index in [2.05, 4.69) is 5.32 Å². The largest absolute Gasteiger partial charge is 0.416 e. The van der Waals surface area contributed by atoms with Crippen LogP contribution in [-0.4, -0.2) is 41.4 Å². The number of anilines is 1. The van der Waals surface area contributed by atoms with Crippen LogP contribution in [0.2, 0.25) is 0 Å². The summed E-state index contributed by atoms with van der Waals surface area (Å²) < 4.78 is 38.0. The van der Waals surface area contributed by atoms with Crippen molar-refractivity contribution in [2.24, 2.45) is 5.73 Å². The third-order valence-corrected chi connectivity index (χ3v) is 4.15. The summed E-state index contributed by atoms with van der Waals surface area (Å²) in [5.74, 6) is -0.130. The van der Waals surface area contributed by atoms with Gasteiger partial charge < -0.3 is 16.0 Å². The first-order valence-corrected chi connectivity index (χ1v) is 7.83. The average molecular weight is 360 g/mol. The van der Waals surface area contributed by atoms with E-state index in [9.17, 15) is 28.1 Å². The Balaban J connectivity index is 2.00. The molecule has 7 nitrogen and oxygen atoms in total. The first-order chi connectivity index (χ1) is 11.7. The molecule has 1 aromatic rings. The third-order valence-electron chi connectivity index (χ3n) is 4.15. The zero-order valence-electron chi connectivity index (χ0n) is 13.4. The molecule has 1 atom stereocenters. The van der Waals surface area contributed by atoms with Gasteiger partial charge in [0, 0.05) is 38.2 Å². The third kappa shape index (κ3) is 4.59. The molecular weight excluding hydrogens is 341 g/mol. The monoisotopic (exact) mass is 360 g/mol. The quantitative estimate of drug-likeness (QED) is 0.599. The summed E-state index contributed by atoms with van der Waals surface area (Å²) >= 11 is 0. The van der Waals surface area contributed by atoms with Crippen molar-refractivity contribution >= 4 is 17.3 Å². The SMILES string of the molecule is NCC1CCCN1C(=O)CCNc1ccc(C(F)(F)F)cc1[N+](=O)[O-]. The molecule has 0 aromatic heterocycles. The number of carbonyl (C=O) groups is 1. The molecule has 138 valence electrons. The summed E-state index contributed by atoms with van der Waals surface area (Å²) in [7, 11) is 0. The van der Waals surface area contributed by atoms with Crippen molar-refractivity contribution in [3.8, 4) is 0 Å². The molecule has 1 aromatic carbocycles. The van der Waals surface area contributed by atoms with Gasteiger partial charge in [-0.25, -0.2) is 0 Å². The van der Waals surface area contributed by atoms with Crippen molar-refractivity contribution in [1.82, 2.24) is 4.90 Å². The minimum absolute atomic E-state index is 0.00732. The summed E-state index contributed by atoms with van der Waals surface area (Å²) in [5, 5.41) is 13.7. The van der Waals surface area contributed by atoms with Crippen LogP contribution < -0.4 is 11.1 Å². The number of alkyl halides is 3. The molecule has 1 saturated heterocycles. The Labute approximate surface area is 142 Å². The van der Waals surface area contributed by atoms with Crippen molar-refractivity contribution < 1.29 is 22.9 Å². The number of nitrogens with one attached hydrogen (secondary N) is 1. The average Bonchev–Trinajstić information content (AvgIpc) is 3.02. The maximum Gasteiger partial charge on any atom is 0.416 e. The number of nitro benzene ring substituents is 1. The smallest absolute Gasteiger partial charge is 0.379 e. The molecular formula is C15H19F3N4O3. The Hall–Kier alpha value is -2.36. The Morgan fingerprint density at radius 1 is 1.44 bits per heavy atom. The molecule has 2 rings (SSSR count). The van der Waals surface area contributed by atoms with Gasteiger partial charge in [0.25, 0.3) is 5.69 Å². The maximum absolute atomic E-state index is 12.7. The molecule has 0 bridgehead atoms. The Morgan fingerprint density at radius 3 is 2.76 bits per heavy atom. The van der Waals surface area contributed by atoms with E-state index in [4.69, 9.17) is 5.73 Å². The van der Waals surface area contributed by atoms with Crippen molar-refractivity contribution in [1.29, 1.82) is 0 Å². The second kappa shape index (κ2) is 7.68. The van der Waals surface area contributed by atoms with Crippen LogP contribution in [-0.2, 0) is 11.0 Å². The summed E-state index contributed by atoms with van der Waals surface area (Å²) in [6, 6.07) is 2.26. The number of hydrogen-bond donors (Lipinski definition) is 2. The predicted octanol–water partition coefficient (Wildman–Crippen LogP) is 2.37. The summed E-state index contributed by atoms with van der Waals surface area (Å²) in [6.45, 7) is 1.09. The van der Waals surface area contributed by atoms with E-state index in [-0.39, 0.29) is 30.6 Å². The van der Waals surface area contributed by atoms with Crippen LogP contribution >= 0.6 is 0 Å². The summed E-state index contributed by atoms with van der Waals surface area (Å²) in [4.78, 5) is 24.0. The highest BCUT2D eigenvalue weighted by molar-refractivity contribution is 5.77. The number of benzene rings is 1. The van der Waals surface area contributed by atoms with Gasteiger partial charge in [-0.05, 0) is 25.0 Å². The van der Waals surface area contributed by atoms with Crippen molar-refractivity contribution in [2.45, 2.75) is 31.5 Å². The lowest BCUT2D eigenvalue weighted by Gasteiger charge is -2.23. The van der Waals surface area contributed by atoms with E-state index in [0.29, 0.717) is 19.2 Å². The lowest BCUT2D eigenvalue weighted by Crippen LogP contribution is -2.40. The molecule has 3 N–H and O–H groups in total. The van der Waals surface area contributed by atoms with Gasteiger partial charge in [-0.15, -0.1) is 0 Å². The molecule has 1 heterocycles. The first-order valence-electron chi connectivity index (χ1n) is 7.83. The highest BCUT2D eigenvalue weighted by Crippen LogP contribution is 2.34. The van der Waals surface area contributed by atoms with Crippen molar-refractivity contribution in [2.75, 3.05) is 25.0 Å². The molecule has 1 amide bonds. The number of rotatable bonds is 6. The number of amides is 1. The van der Waals surface area contributed by atoms with Gasteiger partial charge in [0.1, 0.15) is 5.69 Å².